The Hall–Kier alpha value is -3.52. The first-order valence-electron chi connectivity index (χ1n) is 11.2. The fourth-order valence-corrected chi connectivity index (χ4v) is 3.87. The average Bonchev–Trinajstić information content (AvgIpc) is 3.12. The number of Topliss-reactive ketones (excluding diaryl/α,β-unsaturated/α-hetero) is 1. The van der Waals surface area contributed by atoms with Gasteiger partial charge >= 0.3 is 0 Å². The summed E-state index contributed by atoms with van der Waals surface area (Å²) >= 11 is 0. The zero-order valence-corrected chi connectivity index (χ0v) is 20.0. The van der Waals surface area contributed by atoms with Crippen molar-refractivity contribution < 1.29 is 33.6 Å². The topological polar surface area (TPSA) is 94.5 Å². The molecule has 1 aliphatic rings. The van der Waals surface area contributed by atoms with Gasteiger partial charge in [-0.15, -0.1) is 0 Å². The Bertz CT molecular complexity index is 1060. The van der Waals surface area contributed by atoms with E-state index < -0.39 is 17.7 Å². The minimum absolute atomic E-state index is 0.00365. The molecular formula is C26H31NO7. The Labute approximate surface area is 199 Å². The van der Waals surface area contributed by atoms with Crippen LogP contribution in [0.3, 0.4) is 0 Å². The molecule has 1 atom stereocenters. The quantitative estimate of drug-likeness (QED) is 0.230. The molecule has 1 fully saturated rings. The molecule has 0 aromatic heterocycles. The second-order valence-electron chi connectivity index (χ2n) is 7.83. The monoisotopic (exact) mass is 469 g/mol. The zero-order valence-electron chi connectivity index (χ0n) is 20.0. The number of carbonyl (C=O) groups excluding carboxylic acids is 2. The van der Waals surface area contributed by atoms with E-state index in [0.717, 1.165) is 12.8 Å². The van der Waals surface area contributed by atoms with Crippen LogP contribution in [0.2, 0.25) is 0 Å². The average molecular weight is 470 g/mol. The molecule has 1 aliphatic heterocycles. The van der Waals surface area contributed by atoms with Crippen molar-refractivity contribution in [3.05, 3.63) is 59.2 Å². The SMILES string of the molecule is CCCCOc1ccc(C2/C(=C(\O)c3cccc(OC)c3)C(=O)C(=O)N2CCOC)cc1OC. The van der Waals surface area contributed by atoms with Crippen LogP contribution < -0.4 is 14.2 Å². The molecule has 0 radical (unpaired) electrons. The van der Waals surface area contributed by atoms with E-state index in [-0.39, 0.29) is 24.5 Å². The summed E-state index contributed by atoms with van der Waals surface area (Å²) in [6.45, 7) is 3.04. The molecule has 0 bridgehead atoms. The van der Waals surface area contributed by atoms with E-state index >= 15 is 0 Å². The first kappa shape index (κ1) is 25.1. The molecule has 8 nitrogen and oxygen atoms in total. The fourth-order valence-electron chi connectivity index (χ4n) is 3.87. The van der Waals surface area contributed by atoms with Gasteiger partial charge in [-0.25, -0.2) is 0 Å². The number of hydrogen-bond donors (Lipinski definition) is 1. The maximum absolute atomic E-state index is 13.1. The molecule has 1 heterocycles. The van der Waals surface area contributed by atoms with Crippen LogP contribution in [0.15, 0.2) is 48.0 Å². The number of likely N-dealkylation sites (tertiary alicyclic amines) is 1. The number of methoxy groups -OCH3 is 3. The smallest absolute Gasteiger partial charge is 0.295 e. The van der Waals surface area contributed by atoms with E-state index in [1.54, 1.807) is 42.5 Å². The van der Waals surface area contributed by atoms with Crippen LogP contribution >= 0.6 is 0 Å². The second-order valence-corrected chi connectivity index (χ2v) is 7.83. The van der Waals surface area contributed by atoms with Crippen LogP contribution in [0.25, 0.3) is 5.76 Å². The number of carbonyl (C=O) groups is 2. The Balaban J connectivity index is 2.12. The van der Waals surface area contributed by atoms with Crippen molar-refractivity contribution in [1.82, 2.24) is 4.90 Å². The molecule has 2 aromatic carbocycles. The number of rotatable bonds is 11. The molecule has 1 amide bonds. The lowest BCUT2D eigenvalue weighted by atomic mass is 9.95. The molecule has 2 aromatic rings. The van der Waals surface area contributed by atoms with Gasteiger partial charge in [0.15, 0.2) is 11.5 Å². The van der Waals surface area contributed by atoms with Crippen molar-refractivity contribution in [2.24, 2.45) is 0 Å². The number of ketones is 1. The lowest BCUT2D eigenvalue weighted by molar-refractivity contribution is -0.140. The Morgan fingerprint density at radius 2 is 1.79 bits per heavy atom. The predicted molar refractivity (Wildman–Crippen MR) is 127 cm³/mol. The number of unbranched alkanes of at least 4 members (excludes halogenated alkanes) is 1. The van der Waals surface area contributed by atoms with Crippen LogP contribution in [0.4, 0.5) is 0 Å². The summed E-state index contributed by atoms with van der Waals surface area (Å²) in [4.78, 5) is 27.5. The van der Waals surface area contributed by atoms with Crippen molar-refractivity contribution in [3.63, 3.8) is 0 Å². The third-order valence-electron chi connectivity index (χ3n) is 5.68. The minimum atomic E-state index is -0.819. The molecule has 8 heteroatoms. The van der Waals surface area contributed by atoms with Gasteiger partial charge in [0.2, 0.25) is 0 Å². The third-order valence-corrected chi connectivity index (χ3v) is 5.68. The van der Waals surface area contributed by atoms with E-state index in [2.05, 4.69) is 6.92 Å². The van der Waals surface area contributed by atoms with Gasteiger partial charge in [0.25, 0.3) is 11.7 Å². The van der Waals surface area contributed by atoms with Crippen molar-refractivity contribution in [3.8, 4) is 17.2 Å². The molecule has 34 heavy (non-hydrogen) atoms. The summed E-state index contributed by atoms with van der Waals surface area (Å²) in [5.74, 6) is -0.167. The largest absolute Gasteiger partial charge is 0.507 e. The normalized spacial score (nSPS) is 17.2. The maximum atomic E-state index is 13.1. The summed E-state index contributed by atoms with van der Waals surface area (Å²) in [6, 6.07) is 11.1. The van der Waals surface area contributed by atoms with Crippen LogP contribution in [-0.2, 0) is 14.3 Å². The van der Waals surface area contributed by atoms with Crippen molar-refractivity contribution in [1.29, 1.82) is 0 Å². The second kappa shape index (κ2) is 11.6. The van der Waals surface area contributed by atoms with Gasteiger partial charge in [0.05, 0.1) is 39.0 Å². The molecule has 182 valence electrons. The molecule has 0 aliphatic carbocycles. The third kappa shape index (κ3) is 5.17. The number of aliphatic hydroxyl groups is 1. The van der Waals surface area contributed by atoms with Crippen molar-refractivity contribution in [2.75, 3.05) is 41.1 Å². The molecule has 0 spiro atoms. The highest BCUT2D eigenvalue weighted by molar-refractivity contribution is 6.46. The summed E-state index contributed by atoms with van der Waals surface area (Å²) in [7, 11) is 4.57. The lowest BCUT2D eigenvalue weighted by Crippen LogP contribution is -2.32. The molecule has 0 saturated carbocycles. The number of ether oxygens (including phenoxy) is 4. The summed E-state index contributed by atoms with van der Waals surface area (Å²) in [6.07, 6.45) is 1.90. The van der Waals surface area contributed by atoms with E-state index in [1.165, 1.54) is 26.2 Å². The van der Waals surface area contributed by atoms with Crippen LogP contribution in [0.1, 0.15) is 36.9 Å². The summed E-state index contributed by atoms with van der Waals surface area (Å²) in [5, 5.41) is 11.2. The first-order chi connectivity index (χ1) is 16.5. The van der Waals surface area contributed by atoms with Gasteiger partial charge in [-0.1, -0.05) is 31.5 Å². The summed E-state index contributed by atoms with van der Waals surface area (Å²) in [5.41, 5.74) is 0.982. The first-order valence-corrected chi connectivity index (χ1v) is 11.2. The van der Waals surface area contributed by atoms with Crippen molar-refractivity contribution in [2.45, 2.75) is 25.8 Å². The molecule has 1 saturated heterocycles. The lowest BCUT2D eigenvalue weighted by Gasteiger charge is -2.25. The van der Waals surface area contributed by atoms with E-state index in [4.69, 9.17) is 18.9 Å². The van der Waals surface area contributed by atoms with Crippen molar-refractivity contribution >= 4 is 17.4 Å². The number of hydrogen-bond acceptors (Lipinski definition) is 7. The van der Waals surface area contributed by atoms with Crippen LogP contribution in [-0.4, -0.2) is 62.8 Å². The van der Waals surface area contributed by atoms with Gasteiger partial charge in [-0.2, -0.15) is 0 Å². The fraction of sp³-hybridized carbons (Fsp3) is 0.385. The highest BCUT2D eigenvalue weighted by atomic mass is 16.5. The van der Waals surface area contributed by atoms with Gasteiger partial charge < -0.3 is 29.0 Å². The van der Waals surface area contributed by atoms with Crippen LogP contribution in [0, 0.1) is 0 Å². The van der Waals surface area contributed by atoms with Crippen LogP contribution in [0.5, 0.6) is 17.2 Å². The van der Waals surface area contributed by atoms with Gasteiger partial charge in [0, 0.05) is 19.2 Å². The molecule has 1 N–H and O–H groups in total. The maximum Gasteiger partial charge on any atom is 0.295 e. The highest BCUT2D eigenvalue weighted by Gasteiger charge is 2.46. The standard InChI is InChI=1S/C26H31NO7/c1-5-6-13-34-20-11-10-17(16-21(20)33-4)23-22(25(29)26(30)27(23)12-14-31-2)24(28)18-8-7-9-19(15-18)32-3/h7-11,15-16,23,28H,5-6,12-14H2,1-4H3/b24-22+. The Morgan fingerprint density at radius 1 is 1.00 bits per heavy atom. The predicted octanol–water partition coefficient (Wildman–Crippen LogP) is 3.95. The van der Waals surface area contributed by atoms with E-state index in [9.17, 15) is 14.7 Å². The molecular weight excluding hydrogens is 438 g/mol. The number of benzene rings is 2. The molecule has 1 unspecified atom stereocenters. The molecule has 3 rings (SSSR count). The summed E-state index contributed by atoms with van der Waals surface area (Å²) < 4.78 is 21.7. The zero-order chi connectivity index (χ0) is 24.7. The van der Waals surface area contributed by atoms with Gasteiger partial charge in [0.1, 0.15) is 11.5 Å². The van der Waals surface area contributed by atoms with E-state index in [0.29, 0.717) is 35.0 Å². The van der Waals surface area contributed by atoms with Gasteiger partial charge in [-0.3, -0.25) is 9.59 Å². The number of nitrogens with zero attached hydrogens (tertiary/aromatic N) is 1. The number of amides is 1. The Morgan fingerprint density at radius 3 is 2.47 bits per heavy atom. The van der Waals surface area contributed by atoms with E-state index in [1.807, 2.05) is 0 Å². The van der Waals surface area contributed by atoms with Gasteiger partial charge in [-0.05, 0) is 36.2 Å². The number of aliphatic hydroxyl groups excluding tert-OH is 1. The minimum Gasteiger partial charge on any atom is -0.507 e. The highest BCUT2D eigenvalue weighted by Crippen LogP contribution is 2.42. The Kier molecular flexibility index (Phi) is 8.54.